The van der Waals surface area contributed by atoms with Crippen LogP contribution in [0, 0.1) is 0 Å². The summed E-state index contributed by atoms with van der Waals surface area (Å²) in [6, 6.07) is 4.77. The predicted octanol–water partition coefficient (Wildman–Crippen LogP) is 2.78. The van der Waals surface area contributed by atoms with E-state index < -0.39 is 11.4 Å². The molecule has 1 N–H and O–H groups in total. The van der Waals surface area contributed by atoms with E-state index >= 15 is 0 Å². The molecule has 0 saturated heterocycles. The number of hydrogen-bond donors (Lipinski definition) is 1. The molecule has 4 rings (SSSR count). The minimum Gasteiger partial charge on any atom is -0.497 e. The van der Waals surface area contributed by atoms with Gasteiger partial charge in [0, 0.05) is 16.7 Å². The van der Waals surface area contributed by atoms with Gasteiger partial charge in [-0.15, -0.1) is 0 Å². The molecule has 0 fully saturated rings. The van der Waals surface area contributed by atoms with Gasteiger partial charge in [0.15, 0.2) is 11.4 Å². The van der Waals surface area contributed by atoms with Crippen LogP contribution >= 0.6 is 0 Å². The van der Waals surface area contributed by atoms with Gasteiger partial charge in [0.1, 0.15) is 5.75 Å². The Labute approximate surface area is 133 Å². The van der Waals surface area contributed by atoms with Gasteiger partial charge < -0.3 is 9.84 Å². The summed E-state index contributed by atoms with van der Waals surface area (Å²) in [5, 5.41) is 11.2. The fourth-order valence-corrected chi connectivity index (χ4v) is 3.77. The Balaban J connectivity index is 2.01. The van der Waals surface area contributed by atoms with Crippen molar-refractivity contribution in [2.45, 2.75) is 25.4 Å². The van der Waals surface area contributed by atoms with Crippen molar-refractivity contribution < 1.29 is 19.4 Å². The summed E-state index contributed by atoms with van der Waals surface area (Å²) in [5.41, 5.74) is 1.36. The first-order valence-corrected chi connectivity index (χ1v) is 7.61. The van der Waals surface area contributed by atoms with Crippen molar-refractivity contribution in [3.8, 4) is 5.75 Å². The minimum atomic E-state index is -1.85. The first-order chi connectivity index (χ1) is 11.0. The molecule has 0 spiro atoms. The van der Waals surface area contributed by atoms with Gasteiger partial charge >= 0.3 is 0 Å². The highest BCUT2D eigenvalue weighted by Gasteiger charge is 2.52. The second kappa shape index (κ2) is 4.52. The molecule has 1 atom stereocenters. The van der Waals surface area contributed by atoms with Crippen molar-refractivity contribution in [3.63, 3.8) is 0 Å². The van der Waals surface area contributed by atoms with E-state index in [0.29, 0.717) is 16.9 Å². The average molecular weight is 308 g/mol. The van der Waals surface area contributed by atoms with Crippen molar-refractivity contribution in [3.05, 3.63) is 63.8 Å². The maximum atomic E-state index is 13.0. The first-order valence-electron chi connectivity index (χ1n) is 7.61. The first kappa shape index (κ1) is 14.2. The van der Waals surface area contributed by atoms with Crippen LogP contribution in [0.2, 0.25) is 0 Å². The number of methoxy groups -OCH3 is 1. The van der Waals surface area contributed by atoms with E-state index in [2.05, 4.69) is 0 Å². The lowest BCUT2D eigenvalue weighted by Crippen LogP contribution is -2.50. The topological polar surface area (TPSA) is 63.6 Å². The lowest BCUT2D eigenvalue weighted by atomic mass is 9.67. The van der Waals surface area contributed by atoms with Crippen molar-refractivity contribution in [1.29, 1.82) is 0 Å². The summed E-state index contributed by atoms with van der Waals surface area (Å²) >= 11 is 0. The van der Waals surface area contributed by atoms with Crippen LogP contribution in [0.3, 0.4) is 0 Å². The molecule has 0 aliphatic heterocycles. The Hall–Kier alpha value is -2.46. The Morgan fingerprint density at radius 2 is 2.00 bits per heavy atom. The van der Waals surface area contributed by atoms with Gasteiger partial charge in [-0.25, -0.2) is 0 Å². The average Bonchev–Trinajstić information content (AvgIpc) is 3.03. The maximum Gasteiger partial charge on any atom is 0.204 e. The Morgan fingerprint density at radius 1 is 1.22 bits per heavy atom. The Morgan fingerprint density at radius 3 is 2.74 bits per heavy atom. The molecule has 3 aliphatic carbocycles. The zero-order chi connectivity index (χ0) is 16.4. The number of carbonyl (C=O) groups is 2. The van der Waals surface area contributed by atoms with Gasteiger partial charge in [-0.05, 0) is 60.8 Å². The summed E-state index contributed by atoms with van der Waals surface area (Å²) in [4.78, 5) is 25.9. The molecule has 4 heteroatoms. The molecule has 0 aromatic heterocycles. The molecule has 23 heavy (non-hydrogen) atoms. The normalized spacial score (nSPS) is 25.5. The zero-order valence-electron chi connectivity index (χ0n) is 13.0. The number of ether oxygens (including phenoxy) is 1. The molecular weight excluding hydrogens is 292 g/mol. The third kappa shape index (κ3) is 1.64. The SMILES string of the molecule is COc1ccc2c(c1)C(=O)C1(O)C(=CC3=CCCC3=C1C)C2=O. The van der Waals surface area contributed by atoms with E-state index in [0.717, 1.165) is 24.0 Å². The molecule has 3 aliphatic rings. The molecule has 0 amide bonds. The molecule has 0 heterocycles. The van der Waals surface area contributed by atoms with E-state index in [1.54, 1.807) is 25.1 Å². The molecular formula is C19H16O4. The maximum absolute atomic E-state index is 13.0. The number of hydrogen-bond acceptors (Lipinski definition) is 4. The second-order valence-corrected chi connectivity index (χ2v) is 6.14. The molecule has 1 aromatic carbocycles. The zero-order valence-corrected chi connectivity index (χ0v) is 13.0. The number of rotatable bonds is 1. The smallest absolute Gasteiger partial charge is 0.204 e. The summed E-state index contributed by atoms with van der Waals surface area (Å²) in [6.07, 6.45) is 5.39. The van der Waals surface area contributed by atoms with Gasteiger partial charge in [0.25, 0.3) is 0 Å². The van der Waals surface area contributed by atoms with Crippen LogP contribution in [0.4, 0.5) is 0 Å². The number of ketones is 2. The predicted molar refractivity (Wildman–Crippen MR) is 84.7 cm³/mol. The van der Waals surface area contributed by atoms with E-state index in [9.17, 15) is 14.7 Å². The number of allylic oxidation sites excluding steroid dienone is 4. The Kier molecular flexibility index (Phi) is 2.78. The number of carbonyl (C=O) groups excluding carboxylic acids is 2. The van der Waals surface area contributed by atoms with Gasteiger partial charge in [0.2, 0.25) is 5.78 Å². The standard InChI is InChI=1S/C19H16O4/c1-10-13-5-3-4-11(13)8-16-17(20)14-7-6-12(23-2)9-15(14)18(21)19(10,16)22/h4,6-9,22H,3,5H2,1-2H3. The van der Waals surface area contributed by atoms with Crippen LogP contribution < -0.4 is 4.74 Å². The highest BCUT2D eigenvalue weighted by atomic mass is 16.5. The highest BCUT2D eigenvalue weighted by molar-refractivity contribution is 6.28. The third-order valence-corrected chi connectivity index (χ3v) is 5.08. The fraction of sp³-hybridized carbons (Fsp3) is 0.263. The van der Waals surface area contributed by atoms with Crippen LogP contribution in [0.25, 0.3) is 0 Å². The van der Waals surface area contributed by atoms with Gasteiger partial charge in [-0.2, -0.15) is 0 Å². The van der Waals surface area contributed by atoms with Crippen molar-refractivity contribution in [2.24, 2.45) is 0 Å². The van der Waals surface area contributed by atoms with E-state index in [1.807, 2.05) is 6.08 Å². The molecule has 0 bridgehead atoms. The molecule has 1 aromatic rings. The number of benzene rings is 1. The van der Waals surface area contributed by atoms with Crippen LogP contribution in [0.1, 0.15) is 40.5 Å². The van der Waals surface area contributed by atoms with Crippen LogP contribution in [0.15, 0.2) is 52.6 Å². The molecule has 0 radical (unpaired) electrons. The van der Waals surface area contributed by atoms with Crippen LogP contribution in [-0.4, -0.2) is 29.4 Å². The lowest BCUT2D eigenvalue weighted by molar-refractivity contribution is 0.0552. The molecule has 1 unspecified atom stereocenters. The van der Waals surface area contributed by atoms with Crippen molar-refractivity contribution in [1.82, 2.24) is 0 Å². The molecule has 4 nitrogen and oxygen atoms in total. The van der Waals surface area contributed by atoms with E-state index in [4.69, 9.17) is 4.74 Å². The lowest BCUT2D eigenvalue weighted by Gasteiger charge is -2.38. The number of Topliss-reactive ketones (excluding diaryl/α,β-unsaturated/α-hetero) is 2. The Bertz CT molecular complexity index is 869. The van der Waals surface area contributed by atoms with Crippen LogP contribution in [0.5, 0.6) is 5.75 Å². The van der Waals surface area contributed by atoms with E-state index in [-0.39, 0.29) is 16.9 Å². The largest absolute Gasteiger partial charge is 0.497 e. The van der Waals surface area contributed by atoms with E-state index in [1.165, 1.54) is 13.2 Å². The fourth-order valence-electron chi connectivity index (χ4n) is 3.77. The third-order valence-electron chi connectivity index (χ3n) is 5.08. The molecule has 0 saturated carbocycles. The van der Waals surface area contributed by atoms with Gasteiger partial charge in [-0.3, -0.25) is 9.59 Å². The number of aliphatic hydroxyl groups is 1. The van der Waals surface area contributed by atoms with Crippen molar-refractivity contribution >= 4 is 11.6 Å². The van der Waals surface area contributed by atoms with Gasteiger partial charge in [-0.1, -0.05) is 6.08 Å². The highest BCUT2D eigenvalue weighted by Crippen LogP contribution is 2.47. The minimum absolute atomic E-state index is 0.162. The monoisotopic (exact) mass is 308 g/mol. The van der Waals surface area contributed by atoms with Crippen molar-refractivity contribution in [2.75, 3.05) is 7.11 Å². The summed E-state index contributed by atoms with van der Waals surface area (Å²) < 4.78 is 5.15. The second-order valence-electron chi connectivity index (χ2n) is 6.14. The van der Waals surface area contributed by atoms with Gasteiger partial charge in [0.05, 0.1) is 7.11 Å². The molecule has 116 valence electrons. The summed E-state index contributed by atoms with van der Waals surface area (Å²) in [6.45, 7) is 1.75. The quantitative estimate of drug-likeness (QED) is 0.866. The van der Waals surface area contributed by atoms with Crippen LogP contribution in [-0.2, 0) is 0 Å². The summed E-state index contributed by atoms with van der Waals surface area (Å²) in [7, 11) is 1.50. The summed E-state index contributed by atoms with van der Waals surface area (Å²) in [5.74, 6) is -0.257. The number of fused-ring (bicyclic) bond motifs is 3.